The molecule has 2 heterocycles. The summed E-state index contributed by atoms with van der Waals surface area (Å²) in [5.41, 5.74) is 0.846. The second-order valence-corrected chi connectivity index (χ2v) is 5.79. The maximum atomic E-state index is 12.4. The quantitative estimate of drug-likeness (QED) is 0.882. The van der Waals surface area contributed by atoms with Crippen molar-refractivity contribution in [2.45, 2.75) is 44.4 Å². The third-order valence-electron chi connectivity index (χ3n) is 4.03. The molecule has 1 saturated heterocycles. The molecule has 118 valence electrons. The van der Waals surface area contributed by atoms with Crippen LogP contribution in [-0.4, -0.2) is 47.0 Å². The Balaban J connectivity index is 1.90. The van der Waals surface area contributed by atoms with E-state index in [9.17, 15) is 9.59 Å². The number of rotatable bonds is 5. The van der Waals surface area contributed by atoms with E-state index in [-0.39, 0.29) is 30.5 Å². The minimum Gasteiger partial charge on any atom is -0.356 e. The van der Waals surface area contributed by atoms with Crippen molar-refractivity contribution in [1.29, 1.82) is 0 Å². The average Bonchev–Trinajstić information content (AvgIpc) is 3.37. The van der Waals surface area contributed by atoms with Crippen LogP contribution in [-0.2, 0) is 14.3 Å². The third kappa shape index (κ3) is 2.97. The van der Waals surface area contributed by atoms with Crippen LogP contribution in [0.1, 0.15) is 37.8 Å². The molecule has 2 aliphatic rings. The number of pyridine rings is 1. The second kappa shape index (κ2) is 6.44. The fourth-order valence-electron chi connectivity index (χ4n) is 2.87. The van der Waals surface area contributed by atoms with Gasteiger partial charge in [0.15, 0.2) is 6.10 Å². The lowest BCUT2D eigenvalue weighted by atomic mass is 9.98. The van der Waals surface area contributed by atoms with Crippen molar-refractivity contribution in [3.63, 3.8) is 0 Å². The van der Waals surface area contributed by atoms with Gasteiger partial charge < -0.3 is 15.0 Å². The van der Waals surface area contributed by atoms with Crippen LogP contribution < -0.4 is 5.32 Å². The summed E-state index contributed by atoms with van der Waals surface area (Å²) in [6, 6.07) is 3.55. The number of ether oxygens (including phenoxy) is 1. The molecule has 0 spiro atoms. The highest BCUT2D eigenvalue weighted by atomic mass is 16.5. The van der Waals surface area contributed by atoms with E-state index in [4.69, 9.17) is 4.74 Å². The summed E-state index contributed by atoms with van der Waals surface area (Å²) in [5, 5.41) is 2.87. The van der Waals surface area contributed by atoms with Gasteiger partial charge in [-0.2, -0.15) is 0 Å². The highest BCUT2D eigenvalue weighted by Crippen LogP contribution is 2.39. The molecule has 2 amide bonds. The fraction of sp³-hybridized carbons (Fsp3) is 0.562. The molecule has 1 saturated carbocycles. The van der Waals surface area contributed by atoms with Gasteiger partial charge in [0, 0.05) is 25.0 Å². The van der Waals surface area contributed by atoms with Crippen LogP contribution in [0.3, 0.4) is 0 Å². The van der Waals surface area contributed by atoms with E-state index in [0.29, 0.717) is 6.54 Å². The van der Waals surface area contributed by atoms with Gasteiger partial charge in [-0.3, -0.25) is 14.6 Å². The first-order valence-corrected chi connectivity index (χ1v) is 7.82. The Hall–Kier alpha value is -1.95. The zero-order valence-corrected chi connectivity index (χ0v) is 12.7. The summed E-state index contributed by atoms with van der Waals surface area (Å²) in [5.74, 6) is -0.204. The molecule has 2 unspecified atom stereocenters. The number of hydrogen-bond donors (Lipinski definition) is 1. The zero-order valence-electron chi connectivity index (χ0n) is 12.7. The number of hydrogen-bond acceptors (Lipinski definition) is 4. The molecule has 6 heteroatoms. The fourth-order valence-corrected chi connectivity index (χ4v) is 2.87. The van der Waals surface area contributed by atoms with Crippen molar-refractivity contribution in [3.05, 3.63) is 30.1 Å². The second-order valence-electron chi connectivity index (χ2n) is 5.79. The van der Waals surface area contributed by atoms with Crippen molar-refractivity contribution in [3.8, 4) is 0 Å². The molecular weight excluding hydrogens is 282 g/mol. The van der Waals surface area contributed by atoms with Gasteiger partial charge in [-0.1, -0.05) is 13.0 Å². The maximum absolute atomic E-state index is 12.4. The predicted octanol–water partition coefficient (Wildman–Crippen LogP) is 1.04. The molecule has 0 radical (unpaired) electrons. The Morgan fingerprint density at radius 3 is 2.95 bits per heavy atom. The smallest absolute Gasteiger partial charge is 0.251 e. The van der Waals surface area contributed by atoms with Crippen LogP contribution in [0.25, 0.3) is 0 Å². The van der Waals surface area contributed by atoms with Crippen molar-refractivity contribution in [1.82, 2.24) is 15.2 Å². The molecule has 2 fully saturated rings. The first kappa shape index (κ1) is 15.0. The summed E-state index contributed by atoms with van der Waals surface area (Å²) in [7, 11) is 0. The van der Waals surface area contributed by atoms with E-state index in [1.54, 1.807) is 12.4 Å². The SMILES string of the molecule is CCCNC(=O)C1OCC(=O)N(C2CC2)C1c1cccnc1. The van der Waals surface area contributed by atoms with Crippen LogP contribution in [0.15, 0.2) is 24.5 Å². The standard InChI is InChI=1S/C16H21N3O3/c1-2-7-18-16(21)15-14(11-4-3-8-17-9-11)19(12-5-6-12)13(20)10-22-15/h3-4,8-9,12,14-15H,2,5-7,10H2,1H3,(H,18,21). The third-order valence-corrected chi connectivity index (χ3v) is 4.03. The van der Waals surface area contributed by atoms with E-state index < -0.39 is 6.10 Å². The summed E-state index contributed by atoms with van der Waals surface area (Å²) in [6.07, 6.45) is 5.57. The van der Waals surface area contributed by atoms with Crippen molar-refractivity contribution >= 4 is 11.8 Å². The minimum absolute atomic E-state index is 0.0303. The Labute approximate surface area is 129 Å². The van der Waals surface area contributed by atoms with E-state index >= 15 is 0 Å². The maximum Gasteiger partial charge on any atom is 0.251 e. The average molecular weight is 303 g/mol. The van der Waals surface area contributed by atoms with Crippen LogP contribution in [0.2, 0.25) is 0 Å². The van der Waals surface area contributed by atoms with Gasteiger partial charge in [-0.05, 0) is 30.9 Å². The molecular formula is C16H21N3O3. The number of carbonyl (C=O) groups excluding carboxylic acids is 2. The lowest BCUT2D eigenvalue weighted by molar-refractivity contribution is -0.165. The lowest BCUT2D eigenvalue weighted by Crippen LogP contribution is -2.55. The molecule has 3 rings (SSSR count). The van der Waals surface area contributed by atoms with Gasteiger partial charge in [0.05, 0.1) is 6.04 Å². The minimum atomic E-state index is -0.672. The first-order valence-electron chi connectivity index (χ1n) is 7.82. The lowest BCUT2D eigenvalue weighted by Gasteiger charge is -2.40. The molecule has 1 aliphatic heterocycles. The predicted molar refractivity (Wildman–Crippen MR) is 79.9 cm³/mol. The molecule has 6 nitrogen and oxygen atoms in total. The molecule has 0 bridgehead atoms. The number of nitrogens with zero attached hydrogens (tertiary/aromatic N) is 2. The monoisotopic (exact) mass is 303 g/mol. The molecule has 1 aromatic rings. The number of amides is 2. The van der Waals surface area contributed by atoms with Gasteiger partial charge >= 0.3 is 0 Å². The Bertz CT molecular complexity index is 545. The van der Waals surface area contributed by atoms with Crippen molar-refractivity contribution in [2.75, 3.05) is 13.2 Å². The van der Waals surface area contributed by atoms with Crippen LogP contribution in [0, 0.1) is 0 Å². The highest BCUT2D eigenvalue weighted by Gasteiger charge is 2.47. The molecule has 0 aromatic carbocycles. The molecule has 22 heavy (non-hydrogen) atoms. The van der Waals surface area contributed by atoms with Crippen molar-refractivity contribution < 1.29 is 14.3 Å². The van der Waals surface area contributed by atoms with Crippen LogP contribution in [0.4, 0.5) is 0 Å². The van der Waals surface area contributed by atoms with Gasteiger partial charge in [0.1, 0.15) is 6.61 Å². The summed E-state index contributed by atoms with van der Waals surface area (Å²) < 4.78 is 5.59. The van der Waals surface area contributed by atoms with E-state index in [0.717, 1.165) is 24.8 Å². The highest BCUT2D eigenvalue weighted by molar-refractivity contribution is 5.86. The van der Waals surface area contributed by atoms with Gasteiger partial charge in [0.25, 0.3) is 5.91 Å². The zero-order chi connectivity index (χ0) is 15.5. The molecule has 2 atom stereocenters. The van der Waals surface area contributed by atoms with E-state index in [2.05, 4.69) is 10.3 Å². The first-order chi connectivity index (χ1) is 10.7. The summed E-state index contributed by atoms with van der Waals surface area (Å²) in [6.45, 7) is 2.58. The number of morpholine rings is 1. The number of aromatic nitrogens is 1. The summed E-state index contributed by atoms with van der Waals surface area (Å²) in [4.78, 5) is 30.7. The normalized spacial score (nSPS) is 25.1. The largest absolute Gasteiger partial charge is 0.356 e. The molecule has 1 aliphatic carbocycles. The topological polar surface area (TPSA) is 71.5 Å². The van der Waals surface area contributed by atoms with E-state index in [1.807, 2.05) is 24.0 Å². The van der Waals surface area contributed by atoms with E-state index in [1.165, 1.54) is 0 Å². The van der Waals surface area contributed by atoms with Gasteiger partial charge in [0.2, 0.25) is 5.91 Å². The molecule has 1 aromatic heterocycles. The van der Waals surface area contributed by atoms with Crippen LogP contribution in [0.5, 0.6) is 0 Å². The number of nitrogens with one attached hydrogen (secondary N) is 1. The van der Waals surface area contributed by atoms with Gasteiger partial charge in [-0.25, -0.2) is 0 Å². The Morgan fingerprint density at radius 1 is 1.50 bits per heavy atom. The Kier molecular flexibility index (Phi) is 4.38. The number of carbonyl (C=O) groups is 2. The van der Waals surface area contributed by atoms with Crippen molar-refractivity contribution in [2.24, 2.45) is 0 Å². The summed E-state index contributed by atoms with van der Waals surface area (Å²) >= 11 is 0. The van der Waals surface area contributed by atoms with Crippen LogP contribution >= 0.6 is 0 Å². The Morgan fingerprint density at radius 2 is 2.32 bits per heavy atom. The molecule has 1 N–H and O–H groups in total. The van der Waals surface area contributed by atoms with Gasteiger partial charge in [-0.15, -0.1) is 0 Å².